The van der Waals surface area contributed by atoms with Crippen LogP contribution in [0.25, 0.3) is 0 Å². The molecule has 0 radical (unpaired) electrons. The SMILES string of the molecule is CO[Cl+3]([O-])([O-])[O-].O. The maximum Gasteiger partial charge on any atom is 0.193 e. The van der Waals surface area contributed by atoms with Gasteiger partial charge in [0.2, 0.25) is 0 Å². The average Bonchev–Trinajstić information content (AvgIpc) is 1.35. The minimum Gasteiger partial charge on any atom is -0.412 e. The van der Waals surface area contributed by atoms with Crippen LogP contribution < -0.4 is 14.0 Å². The molecule has 0 saturated carbocycles. The first kappa shape index (κ1) is 10.1. The van der Waals surface area contributed by atoms with E-state index >= 15 is 0 Å². The monoisotopic (exact) mass is 132 g/mol. The van der Waals surface area contributed by atoms with E-state index in [4.69, 9.17) is 0 Å². The molecule has 0 spiro atoms. The summed E-state index contributed by atoms with van der Waals surface area (Å²) in [5.74, 6) is 0. The van der Waals surface area contributed by atoms with E-state index < -0.39 is 10.2 Å². The molecule has 0 atom stereocenters. The van der Waals surface area contributed by atoms with Gasteiger partial charge in [0.15, 0.2) is 7.11 Å². The molecule has 0 aromatic carbocycles. The van der Waals surface area contributed by atoms with Crippen LogP contribution in [0.2, 0.25) is 0 Å². The smallest absolute Gasteiger partial charge is 0.193 e. The van der Waals surface area contributed by atoms with Crippen molar-refractivity contribution in [1.29, 1.82) is 0 Å². The van der Waals surface area contributed by atoms with E-state index in [2.05, 4.69) is 4.29 Å². The number of rotatable bonds is 1. The highest BCUT2D eigenvalue weighted by molar-refractivity contribution is 3.31. The zero-order valence-electron chi connectivity index (χ0n) is 3.51. The second-order valence-corrected chi connectivity index (χ2v) is 1.60. The van der Waals surface area contributed by atoms with Crippen LogP contribution >= 0.6 is 0 Å². The maximum absolute atomic E-state index is 9.19. The molecule has 0 amide bonds. The molecular weight excluding hydrogens is 127 g/mol. The second kappa shape index (κ2) is 3.14. The molecule has 5 nitrogen and oxygen atoms in total. The maximum atomic E-state index is 9.19. The minimum absolute atomic E-state index is 0. The van der Waals surface area contributed by atoms with E-state index in [-0.39, 0.29) is 5.48 Å². The normalized spacial score (nSPS) is 10.3. The van der Waals surface area contributed by atoms with Gasteiger partial charge in [-0.1, -0.05) is 0 Å². The third kappa shape index (κ3) is 10.7. The molecule has 0 aliphatic rings. The van der Waals surface area contributed by atoms with E-state index in [0.29, 0.717) is 0 Å². The van der Waals surface area contributed by atoms with Gasteiger partial charge in [0.1, 0.15) is 0 Å². The summed E-state index contributed by atoms with van der Waals surface area (Å²) < 4.78 is 30.9. The molecule has 0 rings (SSSR count). The Hall–Kier alpha value is 0.0900. The van der Waals surface area contributed by atoms with Gasteiger partial charge in [-0.05, 0) is 0 Å². The third-order valence-corrected chi connectivity index (χ3v) is 0.567. The second-order valence-electron chi connectivity index (χ2n) is 0.532. The Kier molecular flexibility index (Phi) is 4.55. The topological polar surface area (TPSA) is 110 Å². The molecular formula is CH5ClO5. The summed E-state index contributed by atoms with van der Waals surface area (Å²) in [6, 6.07) is 0. The van der Waals surface area contributed by atoms with Crippen LogP contribution in [0.3, 0.4) is 0 Å². The van der Waals surface area contributed by atoms with Gasteiger partial charge < -0.3 is 5.48 Å². The number of hydrogen-bond donors (Lipinski definition) is 0. The molecule has 0 heterocycles. The molecule has 0 aliphatic carbocycles. The fraction of sp³-hybridized carbons (Fsp3) is 1.00. The fourth-order valence-corrected chi connectivity index (χ4v) is 0. The predicted molar refractivity (Wildman–Crippen MR) is 10.6 cm³/mol. The molecule has 0 aromatic rings. The molecule has 0 unspecified atom stereocenters. The molecule has 0 saturated heterocycles. The highest BCUT2D eigenvalue weighted by Gasteiger charge is 2.08. The van der Waals surface area contributed by atoms with Crippen LogP contribution in [-0.2, 0) is 4.29 Å². The van der Waals surface area contributed by atoms with Gasteiger partial charge in [0.05, 0.1) is 14.5 Å². The predicted octanol–water partition coefficient (Wildman–Crippen LogP) is -4.29. The Labute approximate surface area is 42.2 Å². The summed E-state index contributed by atoms with van der Waals surface area (Å²) in [5.41, 5.74) is 0. The van der Waals surface area contributed by atoms with E-state index in [9.17, 15) is 14.0 Å². The summed E-state index contributed by atoms with van der Waals surface area (Å²) in [6.45, 7) is 0. The standard InChI is InChI=1S/CH3ClO4.H2O/c1-6-2(3,4)5;/h1H3;1H2. The molecule has 6 heteroatoms. The Morgan fingerprint density at radius 3 is 1.43 bits per heavy atom. The van der Waals surface area contributed by atoms with Crippen LogP contribution in [0.5, 0.6) is 0 Å². The van der Waals surface area contributed by atoms with Crippen molar-refractivity contribution in [3.8, 4) is 0 Å². The van der Waals surface area contributed by atoms with Crippen molar-refractivity contribution in [1.82, 2.24) is 0 Å². The summed E-state index contributed by atoms with van der Waals surface area (Å²) in [7, 11) is -3.38. The first-order chi connectivity index (χ1) is 2.56. The Morgan fingerprint density at radius 2 is 1.43 bits per heavy atom. The zero-order chi connectivity index (χ0) is 5.21. The lowest BCUT2D eigenvalue weighted by Gasteiger charge is -2.08. The van der Waals surface area contributed by atoms with Crippen LogP contribution in [0.15, 0.2) is 0 Å². The van der Waals surface area contributed by atoms with Gasteiger partial charge in [-0.25, -0.2) is 0 Å². The van der Waals surface area contributed by atoms with Crippen LogP contribution in [0.1, 0.15) is 0 Å². The third-order valence-electron chi connectivity index (χ3n) is 0.189. The van der Waals surface area contributed by atoms with Gasteiger partial charge in [-0.2, -0.15) is 14.0 Å². The lowest BCUT2D eigenvalue weighted by Crippen LogP contribution is -2.60. The molecule has 0 bridgehead atoms. The van der Waals surface area contributed by atoms with E-state index in [1.165, 1.54) is 0 Å². The summed E-state index contributed by atoms with van der Waals surface area (Å²) in [4.78, 5) is 0. The molecule has 46 valence electrons. The summed E-state index contributed by atoms with van der Waals surface area (Å²) in [5, 5.41) is 0. The highest BCUT2D eigenvalue weighted by Crippen LogP contribution is 1.77. The van der Waals surface area contributed by atoms with Crippen molar-refractivity contribution in [2.45, 2.75) is 0 Å². The lowest BCUT2D eigenvalue weighted by molar-refractivity contribution is -1.92. The first-order valence-corrected chi connectivity index (χ1v) is 2.26. The van der Waals surface area contributed by atoms with Crippen molar-refractivity contribution in [3.63, 3.8) is 0 Å². The Balaban J connectivity index is 0. The van der Waals surface area contributed by atoms with Crippen molar-refractivity contribution in [2.24, 2.45) is 0 Å². The molecule has 2 N–H and O–H groups in total. The molecule has 0 fully saturated rings. The molecule has 0 aliphatic heterocycles. The van der Waals surface area contributed by atoms with Gasteiger partial charge in [-0.3, -0.25) is 0 Å². The molecule has 0 aromatic heterocycles. The largest absolute Gasteiger partial charge is 0.412 e. The Bertz CT molecular complexity index is 37.8. The molecule has 7 heavy (non-hydrogen) atoms. The van der Waals surface area contributed by atoms with Gasteiger partial charge >= 0.3 is 0 Å². The fourth-order valence-electron chi connectivity index (χ4n) is 0. The number of hydrogen-bond acceptors (Lipinski definition) is 4. The summed E-state index contributed by atoms with van der Waals surface area (Å²) in [6.07, 6.45) is 0. The Morgan fingerprint density at radius 1 is 1.29 bits per heavy atom. The van der Waals surface area contributed by atoms with Gasteiger partial charge in [0, 0.05) is 0 Å². The van der Waals surface area contributed by atoms with Crippen molar-refractivity contribution in [2.75, 3.05) is 7.11 Å². The van der Waals surface area contributed by atoms with Crippen molar-refractivity contribution >= 4 is 0 Å². The number of halogens is 1. The lowest BCUT2D eigenvalue weighted by atomic mass is 11.8. The van der Waals surface area contributed by atoms with Crippen LogP contribution in [0, 0.1) is 10.2 Å². The van der Waals surface area contributed by atoms with E-state index in [1.54, 1.807) is 0 Å². The van der Waals surface area contributed by atoms with Crippen LogP contribution in [-0.4, -0.2) is 12.6 Å². The highest BCUT2D eigenvalue weighted by atomic mass is 35.7. The first-order valence-electron chi connectivity index (χ1n) is 1.03. The van der Waals surface area contributed by atoms with Crippen molar-refractivity contribution in [3.05, 3.63) is 0 Å². The minimum atomic E-state index is -4.18. The zero-order valence-corrected chi connectivity index (χ0v) is 4.27. The quantitative estimate of drug-likeness (QED) is 0.359. The van der Waals surface area contributed by atoms with E-state index in [1.807, 2.05) is 0 Å². The average molecular weight is 132 g/mol. The summed E-state index contributed by atoms with van der Waals surface area (Å²) >= 11 is 0. The van der Waals surface area contributed by atoms with E-state index in [0.717, 1.165) is 7.11 Å². The van der Waals surface area contributed by atoms with Gasteiger partial charge in [0.25, 0.3) is 0 Å². The van der Waals surface area contributed by atoms with Crippen molar-refractivity contribution < 1.29 is 34.0 Å². The van der Waals surface area contributed by atoms with Gasteiger partial charge in [-0.15, -0.1) is 0 Å². The van der Waals surface area contributed by atoms with Crippen LogP contribution in [0.4, 0.5) is 0 Å².